The van der Waals surface area contributed by atoms with Crippen LogP contribution >= 0.6 is 0 Å². The van der Waals surface area contributed by atoms with Crippen molar-refractivity contribution in [1.29, 1.82) is 0 Å². The van der Waals surface area contributed by atoms with Crippen LogP contribution in [-0.4, -0.2) is 42.8 Å². The average molecular weight is 330 g/mol. The Bertz CT molecular complexity index is 662. The van der Waals surface area contributed by atoms with Gasteiger partial charge in [0.15, 0.2) is 0 Å². The van der Waals surface area contributed by atoms with Crippen molar-refractivity contribution in [3.63, 3.8) is 0 Å². The molecule has 2 aromatic rings. The zero-order valence-electron chi connectivity index (χ0n) is 14.7. The first-order valence-corrected chi connectivity index (χ1v) is 8.66. The van der Waals surface area contributed by atoms with Crippen molar-refractivity contribution in [2.24, 2.45) is 0 Å². The van der Waals surface area contributed by atoms with Gasteiger partial charge in [-0.2, -0.15) is 0 Å². The maximum Gasteiger partial charge on any atom is 0.230 e. The minimum atomic E-state index is 0.348. The van der Waals surface area contributed by atoms with Gasteiger partial charge in [-0.25, -0.2) is 4.98 Å². The molecule has 1 fully saturated rings. The van der Waals surface area contributed by atoms with Gasteiger partial charge in [-0.3, -0.25) is 4.90 Å². The second kappa shape index (κ2) is 7.81. The number of ether oxygens (including phenoxy) is 2. The Morgan fingerprint density at radius 1 is 1.33 bits per heavy atom. The van der Waals surface area contributed by atoms with Crippen molar-refractivity contribution in [2.45, 2.75) is 39.3 Å². The highest BCUT2D eigenvalue weighted by molar-refractivity contribution is 5.63. The zero-order chi connectivity index (χ0) is 16.9. The summed E-state index contributed by atoms with van der Waals surface area (Å²) in [5, 5.41) is 0. The quantitative estimate of drug-likeness (QED) is 0.775. The number of hydrogen-bond acceptors (Lipinski definition) is 5. The number of likely N-dealkylation sites (N-methyl/N-ethyl adjacent to an activating group) is 1. The van der Waals surface area contributed by atoms with E-state index in [-0.39, 0.29) is 0 Å². The number of benzene rings is 1. The molecule has 1 aromatic carbocycles. The van der Waals surface area contributed by atoms with Gasteiger partial charge in [0.2, 0.25) is 5.89 Å². The largest absolute Gasteiger partial charge is 0.493 e. The molecule has 2 heterocycles. The lowest BCUT2D eigenvalue weighted by Crippen LogP contribution is -2.28. The summed E-state index contributed by atoms with van der Waals surface area (Å²) in [5.74, 6) is 2.29. The van der Waals surface area contributed by atoms with Crippen LogP contribution in [0.5, 0.6) is 5.75 Å². The monoisotopic (exact) mass is 330 g/mol. The molecule has 1 aliphatic heterocycles. The van der Waals surface area contributed by atoms with E-state index in [0.29, 0.717) is 18.6 Å². The maximum atomic E-state index is 5.91. The van der Waals surface area contributed by atoms with Crippen molar-refractivity contribution in [2.75, 3.05) is 26.8 Å². The fourth-order valence-electron chi connectivity index (χ4n) is 3.07. The second-order valence-electron chi connectivity index (χ2n) is 6.28. The van der Waals surface area contributed by atoms with Crippen molar-refractivity contribution < 1.29 is 13.9 Å². The normalized spacial score (nSPS) is 17.6. The lowest BCUT2D eigenvalue weighted by atomic mass is 10.2. The summed E-state index contributed by atoms with van der Waals surface area (Å²) in [6, 6.07) is 7.86. The van der Waals surface area contributed by atoms with Crippen LogP contribution in [0.1, 0.15) is 31.2 Å². The van der Waals surface area contributed by atoms with E-state index in [4.69, 9.17) is 18.9 Å². The number of hydrogen-bond donors (Lipinski definition) is 0. The third-order valence-corrected chi connectivity index (χ3v) is 4.27. The van der Waals surface area contributed by atoms with Gasteiger partial charge in [-0.1, -0.05) is 12.1 Å². The topological polar surface area (TPSA) is 47.7 Å². The molecule has 1 atom stereocenters. The van der Waals surface area contributed by atoms with Gasteiger partial charge in [0.25, 0.3) is 0 Å². The summed E-state index contributed by atoms with van der Waals surface area (Å²) in [6.45, 7) is 7.13. The Morgan fingerprint density at radius 3 is 2.92 bits per heavy atom. The summed E-state index contributed by atoms with van der Waals surface area (Å²) < 4.78 is 17.3. The SMILES string of the molecule is CCOc1ccccc1-c1nc(CN(C)CC2CCCO2)c(C)o1. The number of para-hydroxylation sites is 1. The van der Waals surface area contributed by atoms with E-state index in [1.807, 2.05) is 38.1 Å². The molecule has 0 N–H and O–H groups in total. The number of rotatable bonds is 7. The smallest absolute Gasteiger partial charge is 0.230 e. The van der Waals surface area contributed by atoms with Crippen LogP contribution in [-0.2, 0) is 11.3 Å². The molecule has 130 valence electrons. The summed E-state index contributed by atoms with van der Waals surface area (Å²) in [5.41, 5.74) is 1.87. The average Bonchev–Trinajstić information content (AvgIpc) is 3.19. The first kappa shape index (κ1) is 17.0. The zero-order valence-corrected chi connectivity index (χ0v) is 14.7. The first-order valence-electron chi connectivity index (χ1n) is 8.66. The van der Waals surface area contributed by atoms with Gasteiger partial charge in [0, 0.05) is 19.7 Å². The summed E-state index contributed by atoms with van der Waals surface area (Å²) >= 11 is 0. The van der Waals surface area contributed by atoms with Crippen molar-refractivity contribution >= 4 is 0 Å². The molecule has 0 saturated carbocycles. The van der Waals surface area contributed by atoms with E-state index in [1.54, 1.807) is 0 Å². The van der Waals surface area contributed by atoms with E-state index < -0.39 is 0 Å². The molecule has 0 bridgehead atoms. The lowest BCUT2D eigenvalue weighted by molar-refractivity contribution is 0.0789. The van der Waals surface area contributed by atoms with Gasteiger partial charge in [0.1, 0.15) is 11.5 Å². The van der Waals surface area contributed by atoms with E-state index in [0.717, 1.165) is 48.9 Å². The minimum Gasteiger partial charge on any atom is -0.493 e. The van der Waals surface area contributed by atoms with Crippen LogP contribution in [0, 0.1) is 6.92 Å². The summed E-state index contributed by atoms with van der Waals surface area (Å²) in [6.07, 6.45) is 2.66. The molecule has 5 heteroatoms. The molecule has 1 aliphatic rings. The van der Waals surface area contributed by atoms with E-state index in [9.17, 15) is 0 Å². The first-order chi connectivity index (χ1) is 11.7. The van der Waals surface area contributed by atoms with E-state index in [1.165, 1.54) is 6.42 Å². The van der Waals surface area contributed by atoms with Gasteiger partial charge >= 0.3 is 0 Å². The standard InChI is InChI=1S/C19H26N2O3/c1-4-22-18-10-6-5-9-16(18)19-20-17(14(2)24-19)13-21(3)12-15-8-7-11-23-15/h5-6,9-10,15H,4,7-8,11-13H2,1-3H3. The van der Waals surface area contributed by atoms with Crippen LogP contribution in [0.2, 0.25) is 0 Å². The summed E-state index contributed by atoms with van der Waals surface area (Å²) in [4.78, 5) is 6.96. The van der Waals surface area contributed by atoms with Crippen LogP contribution in [0.3, 0.4) is 0 Å². The Kier molecular flexibility index (Phi) is 5.53. The van der Waals surface area contributed by atoms with Crippen LogP contribution in [0.15, 0.2) is 28.7 Å². The second-order valence-corrected chi connectivity index (χ2v) is 6.28. The third-order valence-electron chi connectivity index (χ3n) is 4.27. The van der Waals surface area contributed by atoms with Gasteiger partial charge in [-0.05, 0) is 45.9 Å². The molecule has 0 amide bonds. The number of aromatic nitrogens is 1. The van der Waals surface area contributed by atoms with Crippen LogP contribution in [0.4, 0.5) is 0 Å². The Labute approximate surface area is 143 Å². The molecule has 3 rings (SSSR count). The highest BCUT2D eigenvalue weighted by atomic mass is 16.5. The van der Waals surface area contributed by atoms with E-state index >= 15 is 0 Å². The minimum absolute atomic E-state index is 0.348. The highest BCUT2D eigenvalue weighted by Gasteiger charge is 2.20. The van der Waals surface area contributed by atoms with Gasteiger partial charge in [-0.15, -0.1) is 0 Å². The Hall–Kier alpha value is -1.85. The van der Waals surface area contributed by atoms with Crippen LogP contribution < -0.4 is 4.74 Å². The molecular weight excluding hydrogens is 304 g/mol. The van der Waals surface area contributed by atoms with Crippen LogP contribution in [0.25, 0.3) is 11.5 Å². The molecule has 1 saturated heterocycles. The predicted molar refractivity (Wildman–Crippen MR) is 93.2 cm³/mol. The predicted octanol–water partition coefficient (Wildman–Crippen LogP) is 3.66. The lowest BCUT2D eigenvalue weighted by Gasteiger charge is -2.19. The highest BCUT2D eigenvalue weighted by Crippen LogP contribution is 2.30. The van der Waals surface area contributed by atoms with Gasteiger partial charge < -0.3 is 13.9 Å². The van der Waals surface area contributed by atoms with Crippen molar-refractivity contribution in [3.8, 4) is 17.2 Å². The molecule has 1 unspecified atom stereocenters. The Morgan fingerprint density at radius 2 is 2.17 bits per heavy atom. The fourth-order valence-corrected chi connectivity index (χ4v) is 3.07. The van der Waals surface area contributed by atoms with Crippen molar-refractivity contribution in [3.05, 3.63) is 35.7 Å². The molecule has 1 aromatic heterocycles. The maximum absolute atomic E-state index is 5.91. The third kappa shape index (κ3) is 3.97. The Balaban J connectivity index is 1.73. The van der Waals surface area contributed by atoms with Crippen molar-refractivity contribution in [1.82, 2.24) is 9.88 Å². The molecule has 0 aliphatic carbocycles. The van der Waals surface area contributed by atoms with Gasteiger partial charge in [0.05, 0.1) is 24.0 Å². The summed E-state index contributed by atoms with van der Waals surface area (Å²) in [7, 11) is 2.10. The molecule has 24 heavy (non-hydrogen) atoms. The number of oxazole rings is 1. The number of aryl methyl sites for hydroxylation is 1. The van der Waals surface area contributed by atoms with E-state index in [2.05, 4.69) is 11.9 Å². The molecule has 5 nitrogen and oxygen atoms in total. The molecule has 0 radical (unpaired) electrons. The molecular formula is C19H26N2O3. The number of nitrogens with zero attached hydrogens (tertiary/aromatic N) is 2. The fraction of sp³-hybridized carbons (Fsp3) is 0.526. The molecule has 0 spiro atoms.